The van der Waals surface area contributed by atoms with Gasteiger partial charge in [-0.05, 0) is 26.0 Å². The van der Waals surface area contributed by atoms with Crippen molar-refractivity contribution in [2.75, 3.05) is 13.1 Å². The van der Waals surface area contributed by atoms with Crippen LogP contribution >= 0.6 is 15.9 Å². The summed E-state index contributed by atoms with van der Waals surface area (Å²) in [6.45, 7) is 8.10. The fourth-order valence-electron chi connectivity index (χ4n) is 2.87. The molecule has 0 aliphatic carbocycles. The number of hydrogen-bond donors (Lipinski definition) is 0. The second-order valence-electron chi connectivity index (χ2n) is 5.22. The molecule has 20 heavy (non-hydrogen) atoms. The van der Waals surface area contributed by atoms with Crippen molar-refractivity contribution in [2.24, 2.45) is 0 Å². The average Bonchev–Trinajstić information content (AvgIpc) is 2.78. The summed E-state index contributed by atoms with van der Waals surface area (Å²) in [6, 6.07) is 5.64. The van der Waals surface area contributed by atoms with Gasteiger partial charge in [0.05, 0.1) is 13.1 Å². The van der Waals surface area contributed by atoms with Gasteiger partial charge in [-0.3, -0.25) is 0 Å². The molecule has 0 amide bonds. The van der Waals surface area contributed by atoms with Crippen molar-refractivity contribution in [3.05, 3.63) is 39.3 Å². The molecule has 108 valence electrons. The number of rotatable bonds is 2. The third kappa shape index (κ3) is 2.34. The molecule has 4 nitrogen and oxygen atoms in total. The van der Waals surface area contributed by atoms with Crippen LogP contribution in [-0.2, 0) is 13.1 Å². The second kappa shape index (κ2) is 5.58. The van der Waals surface area contributed by atoms with Gasteiger partial charge in [-0.25, -0.2) is 4.98 Å². The van der Waals surface area contributed by atoms with E-state index in [0.29, 0.717) is 5.52 Å². The summed E-state index contributed by atoms with van der Waals surface area (Å²) in [5.41, 5.74) is 3.24. The highest BCUT2D eigenvalue weighted by molar-refractivity contribution is 9.10. The van der Waals surface area contributed by atoms with E-state index in [2.05, 4.69) is 29.8 Å². The van der Waals surface area contributed by atoms with Crippen molar-refractivity contribution in [2.45, 2.75) is 26.9 Å². The third-order valence-corrected chi connectivity index (χ3v) is 4.80. The van der Waals surface area contributed by atoms with Crippen LogP contribution in [0.2, 0.25) is 0 Å². The van der Waals surface area contributed by atoms with E-state index in [0.717, 1.165) is 56.8 Å². The molecule has 0 fully saturated rings. The lowest BCUT2D eigenvalue weighted by Gasteiger charge is -2.30. The Kier molecular flexibility index (Phi) is 4.37. The second-order valence-corrected chi connectivity index (χ2v) is 6.14. The molecule has 1 aliphatic heterocycles. The Morgan fingerprint density at radius 2 is 2.00 bits per heavy atom. The lowest BCUT2D eigenvalue weighted by molar-refractivity contribution is -0.947. The lowest BCUT2D eigenvalue weighted by atomic mass is 10.2. The molecule has 3 rings (SSSR count). The molecule has 0 N–H and O–H groups in total. The smallest absolute Gasteiger partial charge is 0.275 e. The van der Waals surface area contributed by atoms with Gasteiger partial charge in [0.2, 0.25) is 5.52 Å². The topological polar surface area (TPSA) is 39.8 Å². The van der Waals surface area contributed by atoms with E-state index in [9.17, 15) is 5.21 Å². The average molecular weight is 403 g/mol. The summed E-state index contributed by atoms with van der Waals surface area (Å²) in [4.78, 5) is 4.70. The van der Waals surface area contributed by atoms with Crippen LogP contribution in [0.4, 0.5) is 0 Å². The zero-order valence-corrected chi connectivity index (χ0v) is 14.7. The molecular formula is C14H17Br2N3O. The summed E-state index contributed by atoms with van der Waals surface area (Å²) in [7, 11) is 0. The maximum atomic E-state index is 12.5. The van der Waals surface area contributed by atoms with Crippen molar-refractivity contribution < 1.29 is 26.2 Å². The fraction of sp³-hybridized carbons (Fsp3) is 0.429. The molecule has 0 radical (unpaired) electrons. The Hall–Kier alpha value is -0.720. The van der Waals surface area contributed by atoms with Crippen molar-refractivity contribution in [3.63, 3.8) is 0 Å². The molecule has 0 saturated heterocycles. The van der Waals surface area contributed by atoms with E-state index >= 15 is 0 Å². The number of hydrogen-bond acceptors (Lipinski definition) is 2. The summed E-state index contributed by atoms with van der Waals surface area (Å²) in [5, 5.41) is 12.5. The molecule has 2 aromatic rings. The predicted molar refractivity (Wildman–Crippen MR) is 77.2 cm³/mol. The minimum atomic E-state index is 0. The molecule has 1 aliphatic rings. The van der Waals surface area contributed by atoms with Crippen LogP contribution in [0.5, 0.6) is 0 Å². The van der Waals surface area contributed by atoms with Gasteiger partial charge < -0.3 is 26.7 Å². The normalized spacial score (nSPS) is 15.9. The number of benzene rings is 1. The van der Waals surface area contributed by atoms with Gasteiger partial charge >= 0.3 is 0 Å². The Labute approximate surface area is 137 Å². The predicted octanol–water partition coefficient (Wildman–Crippen LogP) is -0.495. The highest BCUT2D eigenvalue weighted by Crippen LogP contribution is 2.28. The number of nitrogens with zero attached hydrogens (tertiary/aromatic N) is 3. The van der Waals surface area contributed by atoms with Crippen LogP contribution in [0.3, 0.4) is 0 Å². The zero-order valence-electron chi connectivity index (χ0n) is 11.6. The van der Waals surface area contributed by atoms with E-state index in [1.807, 2.05) is 18.2 Å². The van der Waals surface area contributed by atoms with E-state index in [1.54, 1.807) is 0 Å². The van der Waals surface area contributed by atoms with Crippen molar-refractivity contribution in [3.8, 4) is 0 Å². The summed E-state index contributed by atoms with van der Waals surface area (Å²) < 4.78 is 2.97. The van der Waals surface area contributed by atoms with Crippen molar-refractivity contribution in [1.29, 1.82) is 0 Å². The Morgan fingerprint density at radius 1 is 1.30 bits per heavy atom. The van der Waals surface area contributed by atoms with Crippen LogP contribution in [0, 0.1) is 5.21 Å². The first-order valence-electron chi connectivity index (χ1n) is 6.64. The molecule has 6 heteroatoms. The molecule has 0 spiro atoms. The van der Waals surface area contributed by atoms with Gasteiger partial charge in [-0.15, -0.1) is 0 Å². The maximum Gasteiger partial charge on any atom is 0.275 e. The number of quaternary nitrogens is 1. The van der Waals surface area contributed by atoms with Gasteiger partial charge in [0, 0.05) is 10.5 Å². The molecule has 0 saturated carbocycles. The first-order chi connectivity index (χ1) is 9.08. The van der Waals surface area contributed by atoms with E-state index in [4.69, 9.17) is 4.98 Å². The first kappa shape index (κ1) is 15.7. The number of halogens is 2. The minimum Gasteiger partial charge on any atom is -1.00 e. The zero-order chi connectivity index (χ0) is 13.6. The monoisotopic (exact) mass is 401 g/mol. The summed E-state index contributed by atoms with van der Waals surface area (Å²) >= 11 is 3.43. The van der Waals surface area contributed by atoms with Crippen LogP contribution in [0.15, 0.2) is 22.7 Å². The van der Waals surface area contributed by atoms with Gasteiger partial charge in [0.1, 0.15) is 12.1 Å². The summed E-state index contributed by atoms with van der Waals surface area (Å²) in [6.07, 6.45) is 0. The SMILES string of the molecule is CC[N+]1(CC)Cc2nc3cc(Br)ccc3[n+]([O-])c2C1.[Br-]. The Balaban J connectivity index is 0.00000147. The molecular weight excluding hydrogens is 386 g/mol. The largest absolute Gasteiger partial charge is 1.00 e. The van der Waals surface area contributed by atoms with Gasteiger partial charge in [0.15, 0.2) is 12.2 Å². The number of aromatic nitrogens is 2. The van der Waals surface area contributed by atoms with Crippen LogP contribution in [0.1, 0.15) is 25.2 Å². The van der Waals surface area contributed by atoms with E-state index in [1.165, 1.54) is 0 Å². The maximum absolute atomic E-state index is 12.5. The summed E-state index contributed by atoms with van der Waals surface area (Å²) in [5.74, 6) is 0. The lowest BCUT2D eigenvalue weighted by Crippen LogP contribution is -3.00. The number of fused-ring (bicyclic) bond motifs is 2. The third-order valence-electron chi connectivity index (χ3n) is 4.30. The Morgan fingerprint density at radius 3 is 2.65 bits per heavy atom. The van der Waals surface area contributed by atoms with Gasteiger partial charge in [-0.2, -0.15) is 4.73 Å². The quantitative estimate of drug-likeness (QED) is 0.386. The fourth-order valence-corrected chi connectivity index (χ4v) is 3.22. The minimum absolute atomic E-state index is 0. The molecule has 0 bridgehead atoms. The molecule has 0 unspecified atom stereocenters. The molecule has 1 aromatic carbocycles. The molecule has 2 heterocycles. The standard InChI is InChI=1S/C14H17BrN3O.BrH/c1-3-18(4-2)8-12-14(9-18)17(19)13-6-5-10(15)7-11(13)16-12;/h5-7H,3-4,8-9H2,1-2H3;1H/q+1;/p-1. The highest BCUT2D eigenvalue weighted by atomic mass is 79.9. The highest BCUT2D eigenvalue weighted by Gasteiger charge is 2.40. The van der Waals surface area contributed by atoms with E-state index in [-0.39, 0.29) is 17.0 Å². The van der Waals surface area contributed by atoms with Crippen molar-refractivity contribution in [1.82, 2.24) is 4.98 Å². The molecule has 1 aromatic heterocycles. The van der Waals surface area contributed by atoms with E-state index < -0.39 is 0 Å². The van der Waals surface area contributed by atoms with Gasteiger partial charge in [-0.1, -0.05) is 15.9 Å². The van der Waals surface area contributed by atoms with Crippen LogP contribution < -0.4 is 21.7 Å². The Bertz CT molecular complexity index is 656. The van der Waals surface area contributed by atoms with Crippen LogP contribution in [0.25, 0.3) is 11.0 Å². The molecule has 0 atom stereocenters. The van der Waals surface area contributed by atoms with Crippen LogP contribution in [-0.4, -0.2) is 22.6 Å². The van der Waals surface area contributed by atoms with Gasteiger partial charge in [0.25, 0.3) is 5.69 Å². The first-order valence-corrected chi connectivity index (χ1v) is 7.43. The van der Waals surface area contributed by atoms with Crippen molar-refractivity contribution >= 4 is 27.0 Å².